The van der Waals surface area contributed by atoms with Gasteiger partial charge in [0, 0.05) is 42.3 Å². The van der Waals surface area contributed by atoms with Crippen molar-refractivity contribution >= 4 is 17.2 Å². The van der Waals surface area contributed by atoms with Crippen LogP contribution in [0.5, 0.6) is 5.75 Å². The molecule has 5 rings (SSSR count). The molecular weight excluding hydrogens is 408 g/mol. The lowest BCUT2D eigenvalue weighted by Crippen LogP contribution is -2.33. The average molecular weight is 433 g/mol. The molecule has 7 nitrogen and oxygen atoms in total. The fourth-order valence-electron chi connectivity index (χ4n) is 4.04. The van der Waals surface area contributed by atoms with Crippen LogP contribution in [0.2, 0.25) is 0 Å². The molecule has 1 aliphatic rings. The summed E-state index contributed by atoms with van der Waals surface area (Å²) in [4.78, 5) is 20.8. The minimum absolute atomic E-state index is 0.469. The van der Waals surface area contributed by atoms with Gasteiger partial charge in [-0.05, 0) is 31.9 Å². The van der Waals surface area contributed by atoms with E-state index >= 15 is 0 Å². The number of aromatic nitrogens is 5. The quantitative estimate of drug-likeness (QED) is 0.463. The fraction of sp³-hybridized carbons (Fsp3) is 0.304. The van der Waals surface area contributed by atoms with Crippen molar-refractivity contribution in [3.05, 3.63) is 65.3 Å². The van der Waals surface area contributed by atoms with E-state index in [-0.39, 0.29) is 0 Å². The highest BCUT2D eigenvalue weighted by atomic mass is 32.1. The minimum atomic E-state index is 0.469. The third-order valence-electron chi connectivity index (χ3n) is 5.75. The highest BCUT2D eigenvalue weighted by Gasteiger charge is 2.24. The second-order valence-electron chi connectivity index (χ2n) is 7.61. The molecule has 0 saturated carbocycles. The van der Waals surface area contributed by atoms with E-state index in [0.29, 0.717) is 5.92 Å². The van der Waals surface area contributed by atoms with E-state index in [4.69, 9.17) is 14.7 Å². The van der Waals surface area contributed by atoms with Crippen LogP contribution in [0.4, 0.5) is 5.82 Å². The van der Waals surface area contributed by atoms with E-state index in [1.165, 1.54) is 5.01 Å². The molecule has 4 aromatic rings. The first kappa shape index (κ1) is 19.7. The second-order valence-corrected chi connectivity index (χ2v) is 8.50. The number of ether oxygens (including phenoxy) is 1. The van der Waals surface area contributed by atoms with Gasteiger partial charge in [0.05, 0.1) is 30.2 Å². The van der Waals surface area contributed by atoms with Gasteiger partial charge >= 0.3 is 0 Å². The minimum Gasteiger partial charge on any atom is -0.496 e. The lowest BCUT2D eigenvalue weighted by atomic mass is 9.97. The number of piperidine rings is 1. The zero-order valence-electron chi connectivity index (χ0n) is 17.6. The van der Waals surface area contributed by atoms with Crippen molar-refractivity contribution in [2.75, 3.05) is 25.1 Å². The zero-order valence-corrected chi connectivity index (χ0v) is 18.4. The molecular formula is C23H24N6OS. The first-order valence-electron chi connectivity index (χ1n) is 10.4. The van der Waals surface area contributed by atoms with Crippen molar-refractivity contribution in [2.45, 2.75) is 25.7 Å². The van der Waals surface area contributed by atoms with Gasteiger partial charge in [-0.1, -0.05) is 12.1 Å². The van der Waals surface area contributed by atoms with Crippen molar-refractivity contribution in [3.63, 3.8) is 0 Å². The van der Waals surface area contributed by atoms with Crippen molar-refractivity contribution < 1.29 is 4.74 Å². The first-order valence-corrected chi connectivity index (χ1v) is 11.3. The Bertz CT molecular complexity index is 1180. The highest BCUT2D eigenvalue weighted by molar-refractivity contribution is 7.10. The van der Waals surface area contributed by atoms with Gasteiger partial charge in [-0.3, -0.25) is 9.55 Å². The summed E-state index contributed by atoms with van der Waals surface area (Å²) in [6.45, 7) is 3.84. The summed E-state index contributed by atoms with van der Waals surface area (Å²) in [5.74, 6) is 3.95. The van der Waals surface area contributed by atoms with Crippen LogP contribution in [0.3, 0.4) is 0 Å². The van der Waals surface area contributed by atoms with Gasteiger partial charge in [-0.25, -0.2) is 15.0 Å². The number of rotatable bonds is 5. The molecule has 0 spiro atoms. The predicted octanol–water partition coefficient (Wildman–Crippen LogP) is 4.49. The summed E-state index contributed by atoms with van der Waals surface area (Å²) in [5.41, 5.74) is 2.04. The Morgan fingerprint density at radius 2 is 1.87 bits per heavy atom. The molecule has 8 heteroatoms. The fourth-order valence-corrected chi connectivity index (χ4v) is 5.04. The van der Waals surface area contributed by atoms with Crippen LogP contribution in [0.25, 0.3) is 17.1 Å². The van der Waals surface area contributed by atoms with E-state index in [0.717, 1.165) is 60.4 Å². The number of methoxy groups -OCH3 is 1. The topological polar surface area (TPSA) is 69.0 Å². The molecule has 0 radical (unpaired) electrons. The predicted molar refractivity (Wildman–Crippen MR) is 122 cm³/mol. The summed E-state index contributed by atoms with van der Waals surface area (Å²) in [6, 6.07) is 8.05. The molecule has 4 heterocycles. The van der Waals surface area contributed by atoms with Crippen LogP contribution in [0, 0.1) is 6.92 Å². The van der Waals surface area contributed by atoms with Crippen molar-refractivity contribution in [3.8, 4) is 22.8 Å². The van der Waals surface area contributed by atoms with Crippen LogP contribution < -0.4 is 9.64 Å². The normalized spacial score (nSPS) is 14.7. The Morgan fingerprint density at radius 1 is 1.06 bits per heavy atom. The number of aryl methyl sites for hydroxylation is 1. The maximum atomic E-state index is 5.50. The number of thiazole rings is 1. The van der Waals surface area contributed by atoms with Gasteiger partial charge in [0.25, 0.3) is 0 Å². The smallest absolute Gasteiger partial charge is 0.159 e. The molecule has 1 saturated heterocycles. The van der Waals surface area contributed by atoms with E-state index < -0.39 is 0 Å². The SMILES string of the molecule is COc1ccccc1-c1csc(C2CCN(c3cncc(-n4ccnc4C)n3)CC2)n1. The molecule has 0 N–H and O–H groups in total. The number of anilines is 1. The summed E-state index contributed by atoms with van der Waals surface area (Å²) in [7, 11) is 1.70. The number of benzene rings is 1. The van der Waals surface area contributed by atoms with Gasteiger partial charge in [0.1, 0.15) is 17.4 Å². The molecule has 0 unspecified atom stereocenters. The van der Waals surface area contributed by atoms with Gasteiger partial charge < -0.3 is 9.64 Å². The standard InChI is InChI=1S/C23H24N6OS/c1-16-25-9-12-29(16)22-14-24-13-21(27-22)28-10-7-17(8-11-28)23-26-19(15-31-23)18-5-3-4-6-20(18)30-2/h3-6,9,12-15,17H,7-8,10-11H2,1-2H3. The maximum absolute atomic E-state index is 5.50. The third kappa shape index (κ3) is 3.90. The molecule has 3 aromatic heterocycles. The number of imidazole rings is 1. The number of para-hydroxylation sites is 1. The molecule has 0 aliphatic carbocycles. The highest BCUT2D eigenvalue weighted by Crippen LogP contribution is 2.36. The Labute approximate surface area is 185 Å². The molecule has 1 aliphatic heterocycles. The second kappa shape index (κ2) is 8.47. The van der Waals surface area contributed by atoms with Crippen LogP contribution in [-0.4, -0.2) is 44.7 Å². The van der Waals surface area contributed by atoms with E-state index in [9.17, 15) is 0 Å². The van der Waals surface area contributed by atoms with Gasteiger partial charge in [0.15, 0.2) is 5.82 Å². The largest absolute Gasteiger partial charge is 0.496 e. The van der Waals surface area contributed by atoms with Gasteiger partial charge in [-0.2, -0.15) is 0 Å². The molecule has 158 valence electrons. The van der Waals surface area contributed by atoms with Crippen LogP contribution in [0.1, 0.15) is 29.6 Å². The third-order valence-corrected chi connectivity index (χ3v) is 6.76. The van der Waals surface area contributed by atoms with E-state index in [1.807, 2.05) is 42.1 Å². The number of hydrogen-bond acceptors (Lipinski definition) is 7. The van der Waals surface area contributed by atoms with Gasteiger partial charge in [-0.15, -0.1) is 11.3 Å². The van der Waals surface area contributed by atoms with Crippen molar-refractivity contribution in [1.82, 2.24) is 24.5 Å². The Kier molecular flexibility index (Phi) is 5.38. The maximum Gasteiger partial charge on any atom is 0.159 e. The lowest BCUT2D eigenvalue weighted by molar-refractivity contribution is 0.416. The molecule has 1 fully saturated rings. The van der Waals surface area contributed by atoms with E-state index in [1.54, 1.807) is 30.8 Å². The first-order chi connectivity index (χ1) is 15.2. The van der Waals surface area contributed by atoms with E-state index in [2.05, 4.69) is 26.3 Å². The Hall–Kier alpha value is -3.26. The molecule has 1 aromatic carbocycles. The van der Waals surface area contributed by atoms with Crippen LogP contribution >= 0.6 is 11.3 Å². The zero-order chi connectivity index (χ0) is 21.2. The summed E-state index contributed by atoms with van der Waals surface area (Å²) in [5, 5.41) is 3.34. The van der Waals surface area contributed by atoms with Gasteiger partial charge in [0.2, 0.25) is 0 Å². The van der Waals surface area contributed by atoms with Crippen LogP contribution in [-0.2, 0) is 0 Å². The Balaban J connectivity index is 1.28. The molecule has 0 amide bonds. The molecule has 0 bridgehead atoms. The number of hydrogen-bond donors (Lipinski definition) is 0. The molecule has 0 atom stereocenters. The Morgan fingerprint density at radius 3 is 2.65 bits per heavy atom. The summed E-state index contributed by atoms with van der Waals surface area (Å²) < 4.78 is 7.46. The van der Waals surface area contributed by atoms with Crippen LogP contribution in [0.15, 0.2) is 54.4 Å². The molecule has 31 heavy (non-hydrogen) atoms. The van der Waals surface area contributed by atoms with Crippen molar-refractivity contribution in [2.24, 2.45) is 0 Å². The summed E-state index contributed by atoms with van der Waals surface area (Å²) in [6.07, 6.45) is 9.42. The number of nitrogens with zero attached hydrogens (tertiary/aromatic N) is 6. The van der Waals surface area contributed by atoms with Crippen molar-refractivity contribution in [1.29, 1.82) is 0 Å². The monoisotopic (exact) mass is 432 g/mol. The summed E-state index contributed by atoms with van der Waals surface area (Å²) >= 11 is 1.75. The average Bonchev–Trinajstić information content (AvgIpc) is 3.49. The lowest BCUT2D eigenvalue weighted by Gasteiger charge is -2.31.